The molecule has 0 saturated carbocycles. The molecule has 0 aliphatic carbocycles. The summed E-state index contributed by atoms with van der Waals surface area (Å²) in [6.07, 6.45) is 1.40. The SMILES string of the molecule is Cc1ccc(NC(=O)COC(=O)c2cc(S(=O)(=O)NCc3ccco3)c(Cl)cc2Cl)cc1. The van der Waals surface area contributed by atoms with Gasteiger partial charge in [0.05, 0.1) is 28.4 Å². The van der Waals surface area contributed by atoms with Gasteiger partial charge in [-0.1, -0.05) is 40.9 Å². The van der Waals surface area contributed by atoms with E-state index in [0.29, 0.717) is 11.4 Å². The highest BCUT2D eigenvalue weighted by atomic mass is 35.5. The Labute approximate surface area is 194 Å². The number of amides is 1. The van der Waals surface area contributed by atoms with E-state index in [0.717, 1.165) is 17.7 Å². The van der Waals surface area contributed by atoms with Crippen LogP contribution in [0.2, 0.25) is 10.0 Å². The van der Waals surface area contributed by atoms with E-state index >= 15 is 0 Å². The molecule has 0 atom stereocenters. The van der Waals surface area contributed by atoms with Crippen molar-refractivity contribution < 1.29 is 27.2 Å². The average molecular weight is 497 g/mol. The van der Waals surface area contributed by atoms with Gasteiger partial charge in [0.2, 0.25) is 10.0 Å². The summed E-state index contributed by atoms with van der Waals surface area (Å²) in [5.41, 5.74) is 1.31. The van der Waals surface area contributed by atoms with Crippen molar-refractivity contribution in [2.24, 2.45) is 0 Å². The maximum Gasteiger partial charge on any atom is 0.340 e. The number of hydrogen-bond acceptors (Lipinski definition) is 6. The minimum absolute atomic E-state index is 0.118. The highest BCUT2D eigenvalue weighted by Gasteiger charge is 2.24. The molecule has 11 heteroatoms. The lowest BCUT2D eigenvalue weighted by Gasteiger charge is -2.11. The fourth-order valence-corrected chi connectivity index (χ4v) is 4.43. The van der Waals surface area contributed by atoms with Gasteiger partial charge in [0.1, 0.15) is 10.7 Å². The number of furan rings is 1. The molecule has 0 radical (unpaired) electrons. The van der Waals surface area contributed by atoms with E-state index in [4.69, 9.17) is 32.4 Å². The number of nitrogens with one attached hydrogen (secondary N) is 2. The molecular formula is C21H18Cl2N2O6S. The number of benzene rings is 2. The second kappa shape index (κ2) is 10.2. The molecule has 0 spiro atoms. The summed E-state index contributed by atoms with van der Waals surface area (Å²) in [5.74, 6) is -1.16. The maximum atomic E-state index is 12.6. The molecule has 0 saturated heterocycles. The van der Waals surface area contributed by atoms with Crippen LogP contribution < -0.4 is 10.0 Å². The number of aryl methyl sites for hydroxylation is 1. The van der Waals surface area contributed by atoms with Crippen LogP contribution in [0.4, 0.5) is 5.69 Å². The van der Waals surface area contributed by atoms with Crippen molar-refractivity contribution >= 4 is 50.8 Å². The van der Waals surface area contributed by atoms with Gasteiger partial charge in [-0.2, -0.15) is 0 Å². The summed E-state index contributed by atoms with van der Waals surface area (Å²) in [4.78, 5) is 24.1. The van der Waals surface area contributed by atoms with Crippen molar-refractivity contribution in [3.63, 3.8) is 0 Å². The van der Waals surface area contributed by atoms with Crippen LogP contribution >= 0.6 is 23.2 Å². The number of carbonyl (C=O) groups is 2. The Kier molecular flexibility index (Phi) is 7.57. The minimum atomic E-state index is -4.10. The van der Waals surface area contributed by atoms with E-state index in [9.17, 15) is 18.0 Å². The van der Waals surface area contributed by atoms with Crippen LogP contribution in [0.5, 0.6) is 0 Å². The third kappa shape index (κ3) is 6.10. The van der Waals surface area contributed by atoms with E-state index in [2.05, 4.69) is 10.0 Å². The molecular weight excluding hydrogens is 479 g/mol. The Morgan fingerprint density at radius 3 is 2.44 bits per heavy atom. The molecule has 0 fully saturated rings. The first kappa shape index (κ1) is 23.8. The van der Waals surface area contributed by atoms with Gasteiger partial charge in [-0.15, -0.1) is 0 Å². The Hall–Kier alpha value is -2.85. The molecule has 1 amide bonds. The van der Waals surface area contributed by atoms with Crippen LogP contribution in [0, 0.1) is 6.92 Å². The Balaban J connectivity index is 1.69. The number of rotatable bonds is 8. The highest BCUT2D eigenvalue weighted by Crippen LogP contribution is 2.29. The molecule has 0 aliphatic rings. The number of carbonyl (C=O) groups excluding carboxylic acids is 2. The molecule has 168 valence electrons. The minimum Gasteiger partial charge on any atom is -0.468 e. The van der Waals surface area contributed by atoms with Gasteiger partial charge in [0.25, 0.3) is 5.91 Å². The fraction of sp³-hybridized carbons (Fsp3) is 0.143. The van der Waals surface area contributed by atoms with E-state index in [-0.39, 0.29) is 27.0 Å². The van der Waals surface area contributed by atoms with E-state index in [1.165, 1.54) is 6.26 Å². The number of anilines is 1. The monoisotopic (exact) mass is 496 g/mol. The van der Waals surface area contributed by atoms with Gasteiger partial charge < -0.3 is 14.5 Å². The topological polar surface area (TPSA) is 115 Å². The van der Waals surface area contributed by atoms with Gasteiger partial charge in [-0.05, 0) is 43.3 Å². The zero-order valence-electron chi connectivity index (χ0n) is 16.7. The summed E-state index contributed by atoms with van der Waals surface area (Å²) in [5, 5.41) is 2.27. The summed E-state index contributed by atoms with van der Waals surface area (Å²) < 4.78 is 37.7. The van der Waals surface area contributed by atoms with E-state index in [1.54, 1.807) is 24.3 Å². The van der Waals surface area contributed by atoms with Gasteiger partial charge in [0.15, 0.2) is 6.61 Å². The van der Waals surface area contributed by atoms with Gasteiger partial charge in [0, 0.05) is 5.69 Å². The van der Waals surface area contributed by atoms with E-state index in [1.807, 2.05) is 19.1 Å². The summed E-state index contributed by atoms with van der Waals surface area (Å²) in [7, 11) is -4.10. The molecule has 0 unspecified atom stereocenters. The quantitative estimate of drug-likeness (QED) is 0.452. The van der Waals surface area contributed by atoms with Crippen LogP contribution in [-0.2, 0) is 26.1 Å². The molecule has 2 N–H and O–H groups in total. The van der Waals surface area contributed by atoms with Crippen molar-refractivity contribution in [3.8, 4) is 0 Å². The molecule has 32 heavy (non-hydrogen) atoms. The standard InChI is InChI=1S/C21H18Cl2N2O6S/c1-13-4-6-14(7-5-13)25-20(26)12-31-21(27)16-9-19(18(23)10-17(16)22)32(28,29)24-11-15-3-2-8-30-15/h2-10,24H,11-12H2,1H3,(H,25,26). The summed E-state index contributed by atoms with van der Waals surface area (Å²) >= 11 is 12.1. The number of halogens is 2. The maximum absolute atomic E-state index is 12.6. The van der Waals surface area contributed by atoms with Gasteiger partial charge >= 0.3 is 5.97 Å². The first-order valence-electron chi connectivity index (χ1n) is 9.20. The number of sulfonamides is 1. The predicted molar refractivity (Wildman–Crippen MR) is 119 cm³/mol. The Bertz CT molecular complexity index is 1230. The molecule has 3 rings (SSSR count). The molecule has 8 nitrogen and oxygen atoms in total. The molecule has 2 aromatic carbocycles. The third-order valence-electron chi connectivity index (χ3n) is 4.22. The Morgan fingerprint density at radius 1 is 1.06 bits per heavy atom. The zero-order chi connectivity index (χ0) is 23.3. The second-order valence-electron chi connectivity index (χ2n) is 6.66. The van der Waals surface area contributed by atoms with Crippen molar-refractivity contribution in [2.45, 2.75) is 18.4 Å². The molecule has 3 aromatic rings. The molecule has 1 aromatic heterocycles. The number of esters is 1. The summed E-state index contributed by atoms with van der Waals surface area (Å²) in [6.45, 7) is 1.20. The van der Waals surface area contributed by atoms with Crippen LogP contribution in [0.25, 0.3) is 0 Å². The lowest BCUT2D eigenvalue weighted by atomic mass is 10.2. The third-order valence-corrected chi connectivity index (χ3v) is 6.40. The van der Waals surface area contributed by atoms with Crippen molar-refractivity contribution in [2.75, 3.05) is 11.9 Å². The molecule has 0 bridgehead atoms. The highest BCUT2D eigenvalue weighted by molar-refractivity contribution is 7.89. The zero-order valence-corrected chi connectivity index (χ0v) is 19.1. The first-order chi connectivity index (χ1) is 15.2. The molecule has 0 aliphatic heterocycles. The van der Waals surface area contributed by atoms with Crippen molar-refractivity contribution in [3.05, 3.63) is 81.7 Å². The van der Waals surface area contributed by atoms with Crippen LogP contribution in [0.1, 0.15) is 21.7 Å². The smallest absolute Gasteiger partial charge is 0.340 e. The van der Waals surface area contributed by atoms with E-state index < -0.39 is 28.5 Å². The van der Waals surface area contributed by atoms with Gasteiger partial charge in [-0.3, -0.25) is 4.79 Å². The lowest BCUT2D eigenvalue weighted by molar-refractivity contribution is -0.119. The number of ether oxygens (including phenoxy) is 1. The van der Waals surface area contributed by atoms with Crippen molar-refractivity contribution in [1.29, 1.82) is 0 Å². The van der Waals surface area contributed by atoms with Gasteiger partial charge in [-0.25, -0.2) is 17.9 Å². The fourth-order valence-electron chi connectivity index (χ4n) is 2.59. The largest absolute Gasteiger partial charge is 0.468 e. The normalized spacial score (nSPS) is 11.2. The van der Waals surface area contributed by atoms with Crippen LogP contribution in [0.3, 0.4) is 0 Å². The van der Waals surface area contributed by atoms with Crippen molar-refractivity contribution in [1.82, 2.24) is 4.72 Å². The van der Waals surface area contributed by atoms with Crippen LogP contribution in [-0.4, -0.2) is 26.9 Å². The first-order valence-corrected chi connectivity index (χ1v) is 11.4. The Morgan fingerprint density at radius 2 is 1.78 bits per heavy atom. The molecule has 1 heterocycles. The average Bonchev–Trinajstić information content (AvgIpc) is 3.26. The lowest BCUT2D eigenvalue weighted by Crippen LogP contribution is -2.24. The number of hydrogen-bond donors (Lipinski definition) is 2. The van der Waals surface area contributed by atoms with Crippen LogP contribution in [0.15, 0.2) is 64.1 Å². The predicted octanol–water partition coefficient (Wildman–Crippen LogP) is 4.17. The summed E-state index contributed by atoms with van der Waals surface area (Å²) in [6, 6.07) is 12.4. The second-order valence-corrected chi connectivity index (χ2v) is 9.21.